The Morgan fingerprint density at radius 3 is 2.82 bits per heavy atom. The Kier molecular flexibility index (Phi) is 3.99. The highest BCUT2D eigenvalue weighted by Gasteiger charge is 2.40. The summed E-state index contributed by atoms with van der Waals surface area (Å²) in [5.41, 5.74) is 1.87. The molecule has 4 heteroatoms. The van der Waals surface area contributed by atoms with Gasteiger partial charge in [0.15, 0.2) is 0 Å². The van der Waals surface area contributed by atoms with Crippen LogP contribution in [0.2, 0.25) is 0 Å². The molecule has 1 aliphatic carbocycles. The first-order chi connectivity index (χ1) is 10.8. The SMILES string of the molecule is O=C(c1cc2c(s1)CCCCC2)N1CCC2(CCNCC2)C1. The highest BCUT2D eigenvalue weighted by molar-refractivity contribution is 7.14. The second-order valence-electron chi connectivity index (χ2n) is 7.35. The zero-order valence-electron chi connectivity index (χ0n) is 13.3. The summed E-state index contributed by atoms with van der Waals surface area (Å²) in [5, 5.41) is 3.45. The normalized spacial score (nSPS) is 24.3. The first-order valence-electron chi connectivity index (χ1n) is 8.87. The van der Waals surface area contributed by atoms with Crippen LogP contribution in [0.3, 0.4) is 0 Å². The van der Waals surface area contributed by atoms with Gasteiger partial charge in [0.2, 0.25) is 0 Å². The van der Waals surface area contributed by atoms with Crippen LogP contribution in [-0.4, -0.2) is 37.0 Å². The van der Waals surface area contributed by atoms with Crippen LogP contribution in [0, 0.1) is 5.41 Å². The van der Waals surface area contributed by atoms with Crippen LogP contribution in [-0.2, 0) is 12.8 Å². The smallest absolute Gasteiger partial charge is 0.263 e. The van der Waals surface area contributed by atoms with Crippen LogP contribution in [0.4, 0.5) is 0 Å². The number of rotatable bonds is 1. The van der Waals surface area contributed by atoms with Crippen molar-refractivity contribution in [3.63, 3.8) is 0 Å². The molecular formula is C18H26N2OS. The molecule has 0 unspecified atom stereocenters. The molecule has 0 saturated carbocycles. The van der Waals surface area contributed by atoms with Crippen molar-refractivity contribution in [3.8, 4) is 0 Å². The quantitative estimate of drug-likeness (QED) is 0.806. The van der Waals surface area contributed by atoms with Crippen LogP contribution in [0.25, 0.3) is 0 Å². The second kappa shape index (κ2) is 5.97. The minimum Gasteiger partial charge on any atom is -0.337 e. The lowest BCUT2D eigenvalue weighted by Gasteiger charge is -2.33. The fraction of sp³-hybridized carbons (Fsp3) is 0.722. The summed E-state index contributed by atoms with van der Waals surface area (Å²) >= 11 is 1.78. The maximum Gasteiger partial charge on any atom is 0.263 e. The molecule has 1 spiro atoms. The van der Waals surface area contributed by atoms with Gasteiger partial charge in [-0.05, 0) is 75.1 Å². The third-order valence-electron chi connectivity index (χ3n) is 5.85. The first kappa shape index (κ1) is 14.7. The van der Waals surface area contributed by atoms with E-state index in [1.54, 1.807) is 11.3 Å². The third-order valence-corrected chi connectivity index (χ3v) is 7.07. The minimum atomic E-state index is 0.300. The van der Waals surface area contributed by atoms with Crippen LogP contribution in [0.15, 0.2) is 6.07 Å². The molecule has 1 aromatic heterocycles. The Morgan fingerprint density at radius 1 is 1.14 bits per heavy atom. The molecule has 1 amide bonds. The number of aryl methyl sites for hydroxylation is 2. The first-order valence-corrected chi connectivity index (χ1v) is 9.69. The Hall–Kier alpha value is -0.870. The summed E-state index contributed by atoms with van der Waals surface area (Å²) in [5.74, 6) is 0.300. The van der Waals surface area contributed by atoms with Crippen molar-refractivity contribution in [3.05, 3.63) is 21.4 Å². The molecule has 120 valence electrons. The van der Waals surface area contributed by atoms with Gasteiger partial charge in [0.25, 0.3) is 5.91 Å². The number of hydrogen-bond donors (Lipinski definition) is 1. The number of hydrogen-bond acceptors (Lipinski definition) is 3. The number of fused-ring (bicyclic) bond motifs is 1. The summed E-state index contributed by atoms with van der Waals surface area (Å²) in [7, 11) is 0. The standard InChI is InChI=1S/C18H26N2OS/c21-17(16-12-14-4-2-1-3-5-15(14)22-16)20-11-8-18(13-20)6-9-19-10-7-18/h12,19H,1-11,13H2. The molecule has 22 heavy (non-hydrogen) atoms. The van der Waals surface area contributed by atoms with E-state index < -0.39 is 0 Å². The van der Waals surface area contributed by atoms with E-state index in [1.165, 1.54) is 61.8 Å². The molecule has 2 fully saturated rings. The summed E-state index contributed by atoms with van der Waals surface area (Å²) in [6.45, 7) is 4.18. The molecule has 0 bridgehead atoms. The summed E-state index contributed by atoms with van der Waals surface area (Å²) in [6.07, 6.45) is 9.95. The second-order valence-corrected chi connectivity index (χ2v) is 8.48. The number of carbonyl (C=O) groups is 1. The number of nitrogens with zero attached hydrogens (tertiary/aromatic N) is 1. The lowest BCUT2D eigenvalue weighted by atomic mass is 9.78. The van der Waals surface area contributed by atoms with E-state index in [4.69, 9.17) is 0 Å². The van der Waals surface area contributed by atoms with Gasteiger partial charge >= 0.3 is 0 Å². The molecule has 2 saturated heterocycles. The van der Waals surface area contributed by atoms with Gasteiger partial charge in [-0.15, -0.1) is 11.3 Å². The zero-order chi connectivity index (χ0) is 15.0. The lowest BCUT2D eigenvalue weighted by molar-refractivity contribution is 0.0766. The molecule has 2 aliphatic heterocycles. The third kappa shape index (κ3) is 2.71. The van der Waals surface area contributed by atoms with Crippen molar-refractivity contribution in [2.45, 2.75) is 51.4 Å². The predicted octanol–water partition coefficient (Wildman–Crippen LogP) is 3.23. The average Bonchev–Trinajstić information content (AvgIpc) is 3.06. The van der Waals surface area contributed by atoms with Gasteiger partial charge in [-0.1, -0.05) is 6.42 Å². The van der Waals surface area contributed by atoms with E-state index in [0.717, 1.165) is 31.1 Å². The van der Waals surface area contributed by atoms with Crippen LogP contribution in [0.1, 0.15) is 58.6 Å². The van der Waals surface area contributed by atoms with Crippen molar-refractivity contribution < 1.29 is 4.79 Å². The Labute approximate surface area is 137 Å². The number of carbonyl (C=O) groups excluding carboxylic acids is 1. The molecule has 1 aromatic rings. The summed E-state index contributed by atoms with van der Waals surface area (Å²) < 4.78 is 0. The van der Waals surface area contributed by atoms with Crippen LogP contribution in [0.5, 0.6) is 0 Å². The van der Waals surface area contributed by atoms with Gasteiger partial charge in [0.1, 0.15) is 0 Å². The molecule has 3 aliphatic rings. The molecule has 4 rings (SSSR count). The predicted molar refractivity (Wildman–Crippen MR) is 90.6 cm³/mol. The number of nitrogens with one attached hydrogen (secondary N) is 1. The lowest BCUT2D eigenvalue weighted by Crippen LogP contribution is -2.39. The van der Waals surface area contributed by atoms with Crippen molar-refractivity contribution in [1.29, 1.82) is 0 Å². The van der Waals surface area contributed by atoms with Gasteiger partial charge in [0, 0.05) is 18.0 Å². The number of thiophene rings is 1. The van der Waals surface area contributed by atoms with E-state index in [2.05, 4.69) is 16.3 Å². The highest BCUT2D eigenvalue weighted by Crippen LogP contribution is 2.39. The van der Waals surface area contributed by atoms with Crippen molar-refractivity contribution in [2.75, 3.05) is 26.2 Å². The summed E-state index contributed by atoms with van der Waals surface area (Å²) in [4.78, 5) is 17.5. The fourth-order valence-electron chi connectivity index (χ4n) is 4.40. The van der Waals surface area contributed by atoms with Gasteiger partial charge in [-0.2, -0.15) is 0 Å². The monoisotopic (exact) mass is 318 g/mol. The van der Waals surface area contributed by atoms with Crippen molar-refractivity contribution in [1.82, 2.24) is 10.2 Å². The Bertz CT molecular complexity index is 536. The van der Waals surface area contributed by atoms with E-state index >= 15 is 0 Å². The molecule has 3 heterocycles. The number of likely N-dealkylation sites (tertiary alicyclic amines) is 1. The molecule has 1 N–H and O–H groups in total. The van der Waals surface area contributed by atoms with Crippen molar-refractivity contribution in [2.24, 2.45) is 5.41 Å². The van der Waals surface area contributed by atoms with Gasteiger partial charge in [-0.25, -0.2) is 0 Å². The topological polar surface area (TPSA) is 32.3 Å². The number of piperidine rings is 1. The molecule has 0 aromatic carbocycles. The van der Waals surface area contributed by atoms with Crippen LogP contribution < -0.4 is 5.32 Å². The van der Waals surface area contributed by atoms with Gasteiger partial charge < -0.3 is 10.2 Å². The van der Waals surface area contributed by atoms with Gasteiger partial charge in [-0.3, -0.25) is 4.79 Å². The summed E-state index contributed by atoms with van der Waals surface area (Å²) in [6, 6.07) is 2.21. The van der Waals surface area contributed by atoms with E-state index in [9.17, 15) is 4.79 Å². The molecule has 0 radical (unpaired) electrons. The largest absolute Gasteiger partial charge is 0.337 e. The Balaban J connectivity index is 1.48. The number of amides is 1. The maximum atomic E-state index is 12.9. The van der Waals surface area contributed by atoms with E-state index in [-0.39, 0.29) is 0 Å². The average molecular weight is 318 g/mol. The van der Waals surface area contributed by atoms with E-state index in [0.29, 0.717) is 11.3 Å². The van der Waals surface area contributed by atoms with Crippen LogP contribution >= 0.6 is 11.3 Å². The molecule has 3 nitrogen and oxygen atoms in total. The Morgan fingerprint density at radius 2 is 1.95 bits per heavy atom. The maximum absolute atomic E-state index is 12.9. The minimum absolute atomic E-state index is 0.300. The molecule has 0 atom stereocenters. The zero-order valence-corrected chi connectivity index (χ0v) is 14.1. The van der Waals surface area contributed by atoms with Gasteiger partial charge in [0.05, 0.1) is 4.88 Å². The van der Waals surface area contributed by atoms with Crippen molar-refractivity contribution >= 4 is 17.2 Å². The van der Waals surface area contributed by atoms with E-state index in [1.807, 2.05) is 0 Å². The fourth-order valence-corrected chi connectivity index (χ4v) is 5.62. The highest BCUT2D eigenvalue weighted by atomic mass is 32.1. The molecular weight excluding hydrogens is 292 g/mol.